The lowest BCUT2D eigenvalue weighted by molar-refractivity contribution is 0.217. The molecule has 2 aromatic rings. The summed E-state index contributed by atoms with van der Waals surface area (Å²) in [7, 11) is 2.17. The fourth-order valence-electron chi connectivity index (χ4n) is 3.93. The van der Waals surface area contributed by atoms with Crippen molar-refractivity contribution in [3.05, 3.63) is 40.7 Å². The van der Waals surface area contributed by atoms with Crippen LogP contribution < -0.4 is 5.32 Å². The summed E-state index contributed by atoms with van der Waals surface area (Å²) in [5.41, 5.74) is 0.778. The van der Waals surface area contributed by atoms with Gasteiger partial charge >= 0.3 is 0 Å². The van der Waals surface area contributed by atoms with Crippen molar-refractivity contribution in [2.24, 2.45) is 5.92 Å². The Bertz CT molecular complexity index is 763. The van der Waals surface area contributed by atoms with Crippen LogP contribution in [0.4, 0.5) is 4.39 Å². The SMILES string of the molecule is CN1CCC(Cc2nc(C3CCNC3)n(-c3ccc(F)c(Cl)c3)n2)CC1. The van der Waals surface area contributed by atoms with Gasteiger partial charge in [-0.1, -0.05) is 11.6 Å². The molecule has 0 bridgehead atoms. The van der Waals surface area contributed by atoms with E-state index < -0.39 is 5.82 Å². The summed E-state index contributed by atoms with van der Waals surface area (Å²) >= 11 is 6.00. The summed E-state index contributed by atoms with van der Waals surface area (Å²) in [4.78, 5) is 7.27. The van der Waals surface area contributed by atoms with Crippen molar-refractivity contribution in [1.82, 2.24) is 25.0 Å². The van der Waals surface area contributed by atoms with E-state index >= 15 is 0 Å². The van der Waals surface area contributed by atoms with Gasteiger partial charge in [-0.05, 0) is 70.1 Å². The van der Waals surface area contributed by atoms with Crippen LogP contribution in [0, 0.1) is 11.7 Å². The van der Waals surface area contributed by atoms with Crippen molar-refractivity contribution >= 4 is 11.6 Å². The normalized spacial score (nSPS) is 22.2. The average Bonchev–Trinajstić information content (AvgIpc) is 3.29. The van der Waals surface area contributed by atoms with Gasteiger partial charge in [0, 0.05) is 18.9 Å². The number of hydrogen-bond donors (Lipinski definition) is 1. The quantitative estimate of drug-likeness (QED) is 0.889. The molecule has 1 aromatic carbocycles. The van der Waals surface area contributed by atoms with Crippen LogP contribution in [-0.2, 0) is 6.42 Å². The van der Waals surface area contributed by atoms with Gasteiger partial charge in [-0.25, -0.2) is 14.1 Å². The molecule has 140 valence electrons. The highest BCUT2D eigenvalue weighted by Crippen LogP contribution is 2.27. The first-order valence-electron chi connectivity index (χ1n) is 9.40. The smallest absolute Gasteiger partial charge is 0.151 e. The number of piperidine rings is 1. The number of rotatable bonds is 4. The minimum Gasteiger partial charge on any atom is -0.316 e. The van der Waals surface area contributed by atoms with Crippen molar-refractivity contribution in [2.45, 2.75) is 31.6 Å². The zero-order valence-electron chi connectivity index (χ0n) is 15.1. The van der Waals surface area contributed by atoms with Gasteiger partial charge in [0.25, 0.3) is 0 Å². The monoisotopic (exact) mass is 377 g/mol. The van der Waals surface area contributed by atoms with Gasteiger partial charge in [-0.15, -0.1) is 0 Å². The molecule has 26 heavy (non-hydrogen) atoms. The van der Waals surface area contributed by atoms with E-state index in [1.54, 1.807) is 12.1 Å². The van der Waals surface area contributed by atoms with E-state index in [-0.39, 0.29) is 5.02 Å². The zero-order valence-corrected chi connectivity index (χ0v) is 15.8. The largest absolute Gasteiger partial charge is 0.316 e. The second kappa shape index (κ2) is 7.62. The Morgan fingerprint density at radius 3 is 2.77 bits per heavy atom. The molecule has 1 unspecified atom stereocenters. The van der Waals surface area contributed by atoms with Crippen LogP contribution in [0.5, 0.6) is 0 Å². The van der Waals surface area contributed by atoms with E-state index in [0.29, 0.717) is 11.8 Å². The summed E-state index contributed by atoms with van der Waals surface area (Å²) in [5, 5.41) is 8.30. The standard InChI is InChI=1S/C19H25ClFN5/c1-25-8-5-13(6-9-25)10-18-23-19(14-4-7-22-12-14)26(24-18)15-2-3-17(21)16(20)11-15/h2-3,11,13-14,22H,4-10,12H2,1H3. The Hall–Kier alpha value is -1.50. The molecule has 1 atom stereocenters. The highest BCUT2D eigenvalue weighted by molar-refractivity contribution is 6.30. The maximum Gasteiger partial charge on any atom is 0.151 e. The van der Waals surface area contributed by atoms with E-state index in [2.05, 4.69) is 17.3 Å². The minimum absolute atomic E-state index is 0.116. The van der Waals surface area contributed by atoms with Gasteiger partial charge in [-0.3, -0.25) is 0 Å². The molecule has 7 heteroatoms. The fraction of sp³-hybridized carbons (Fsp3) is 0.579. The maximum absolute atomic E-state index is 13.6. The first kappa shape index (κ1) is 17.9. The van der Waals surface area contributed by atoms with Crippen LogP contribution in [0.3, 0.4) is 0 Å². The molecule has 3 heterocycles. The molecule has 0 saturated carbocycles. The summed E-state index contributed by atoms with van der Waals surface area (Å²) < 4.78 is 15.4. The van der Waals surface area contributed by atoms with Gasteiger partial charge in [0.1, 0.15) is 11.6 Å². The lowest BCUT2D eigenvalue weighted by Crippen LogP contribution is -2.31. The summed E-state index contributed by atoms with van der Waals surface area (Å²) in [6.07, 6.45) is 4.33. The van der Waals surface area contributed by atoms with E-state index in [1.165, 1.54) is 18.9 Å². The van der Waals surface area contributed by atoms with Crippen LogP contribution in [-0.4, -0.2) is 52.9 Å². The molecule has 0 aliphatic carbocycles. The highest BCUT2D eigenvalue weighted by Gasteiger charge is 2.26. The van der Waals surface area contributed by atoms with E-state index in [1.807, 2.05) is 4.68 Å². The molecule has 0 radical (unpaired) electrons. The van der Waals surface area contributed by atoms with Gasteiger partial charge in [-0.2, -0.15) is 5.10 Å². The Morgan fingerprint density at radius 2 is 2.08 bits per heavy atom. The van der Waals surface area contributed by atoms with Crippen molar-refractivity contribution in [2.75, 3.05) is 33.2 Å². The lowest BCUT2D eigenvalue weighted by atomic mass is 9.93. The van der Waals surface area contributed by atoms with Crippen molar-refractivity contribution in [3.8, 4) is 5.69 Å². The highest BCUT2D eigenvalue weighted by atomic mass is 35.5. The number of aromatic nitrogens is 3. The molecule has 0 amide bonds. The van der Waals surface area contributed by atoms with E-state index in [4.69, 9.17) is 21.7 Å². The number of halogens is 2. The predicted molar refractivity (Wildman–Crippen MR) is 100 cm³/mol. The molecule has 1 aromatic heterocycles. The maximum atomic E-state index is 13.6. The van der Waals surface area contributed by atoms with Crippen LogP contribution >= 0.6 is 11.6 Å². The average molecular weight is 378 g/mol. The molecular weight excluding hydrogens is 353 g/mol. The van der Waals surface area contributed by atoms with Crippen molar-refractivity contribution in [3.63, 3.8) is 0 Å². The number of nitrogens with one attached hydrogen (secondary N) is 1. The number of nitrogens with zero attached hydrogens (tertiary/aromatic N) is 4. The number of likely N-dealkylation sites (tertiary alicyclic amines) is 1. The Labute approximate surface area is 158 Å². The van der Waals surface area contributed by atoms with Crippen LogP contribution in [0.15, 0.2) is 18.2 Å². The van der Waals surface area contributed by atoms with Crippen LogP contribution in [0.1, 0.15) is 36.8 Å². The van der Waals surface area contributed by atoms with Crippen molar-refractivity contribution in [1.29, 1.82) is 0 Å². The molecule has 2 aliphatic rings. The first-order chi connectivity index (χ1) is 12.6. The third-order valence-electron chi connectivity index (χ3n) is 5.56. The van der Waals surface area contributed by atoms with E-state index in [0.717, 1.165) is 56.4 Å². The number of benzene rings is 1. The Kier molecular flexibility index (Phi) is 5.25. The fourth-order valence-corrected chi connectivity index (χ4v) is 4.10. The molecule has 2 fully saturated rings. The van der Waals surface area contributed by atoms with Gasteiger partial charge in [0.2, 0.25) is 0 Å². The predicted octanol–water partition coefficient (Wildman–Crippen LogP) is 3.02. The second-order valence-corrected chi connectivity index (χ2v) is 7.94. The molecule has 2 aliphatic heterocycles. The second-order valence-electron chi connectivity index (χ2n) is 7.54. The molecule has 2 saturated heterocycles. The lowest BCUT2D eigenvalue weighted by Gasteiger charge is -2.28. The minimum atomic E-state index is -0.411. The van der Waals surface area contributed by atoms with Crippen LogP contribution in [0.25, 0.3) is 5.69 Å². The number of hydrogen-bond acceptors (Lipinski definition) is 4. The zero-order chi connectivity index (χ0) is 18.1. The molecule has 0 spiro atoms. The third kappa shape index (κ3) is 3.77. The topological polar surface area (TPSA) is 46.0 Å². The third-order valence-corrected chi connectivity index (χ3v) is 5.85. The Balaban J connectivity index is 1.62. The van der Waals surface area contributed by atoms with E-state index in [9.17, 15) is 4.39 Å². The summed E-state index contributed by atoms with van der Waals surface area (Å²) in [5.74, 6) is 2.40. The van der Waals surface area contributed by atoms with Crippen molar-refractivity contribution < 1.29 is 4.39 Å². The summed E-state index contributed by atoms with van der Waals surface area (Å²) in [6, 6.07) is 4.75. The summed E-state index contributed by atoms with van der Waals surface area (Å²) in [6.45, 7) is 4.17. The van der Waals surface area contributed by atoms with Gasteiger partial charge in [0.15, 0.2) is 5.82 Å². The molecule has 4 rings (SSSR count). The van der Waals surface area contributed by atoms with Gasteiger partial charge < -0.3 is 10.2 Å². The first-order valence-corrected chi connectivity index (χ1v) is 9.78. The Morgan fingerprint density at radius 1 is 1.27 bits per heavy atom. The molecule has 5 nitrogen and oxygen atoms in total. The van der Waals surface area contributed by atoms with Gasteiger partial charge in [0.05, 0.1) is 10.7 Å². The molecule has 1 N–H and O–H groups in total. The van der Waals surface area contributed by atoms with Crippen LogP contribution in [0.2, 0.25) is 5.02 Å². The molecular formula is C19H25ClFN5.